The third-order valence-corrected chi connectivity index (χ3v) is 4.35. The van der Waals surface area contributed by atoms with Gasteiger partial charge in [0.05, 0.1) is 15.4 Å². The van der Waals surface area contributed by atoms with E-state index < -0.39 is 17.1 Å². The number of hydrogen-bond acceptors (Lipinski definition) is 1. The van der Waals surface area contributed by atoms with Gasteiger partial charge in [0.2, 0.25) is 0 Å². The third kappa shape index (κ3) is 2.10. The van der Waals surface area contributed by atoms with Gasteiger partial charge in [0, 0.05) is 11.8 Å². The number of benzene rings is 1. The van der Waals surface area contributed by atoms with Crippen LogP contribution in [0.4, 0.5) is 8.78 Å². The summed E-state index contributed by atoms with van der Waals surface area (Å²) in [6, 6.07) is 2.46. The van der Waals surface area contributed by atoms with Gasteiger partial charge in [-0.1, -0.05) is 12.8 Å². The molecule has 0 radical (unpaired) electrons. The summed E-state index contributed by atoms with van der Waals surface area (Å²) in [5.74, 6) is -1.07. The summed E-state index contributed by atoms with van der Waals surface area (Å²) in [6.07, 6.45) is 4.20. The molecule has 2 aromatic rings. The Balaban J connectivity index is 2.29. The molecule has 1 aromatic heterocycles. The maximum atomic E-state index is 13.9. The van der Waals surface area contributed by atoms with E-state index in [0.29, 0.717) is 0 Å². The molecule has 1 aliphatic carbocycles. The molecule has 1 aliphatic rings. The molecule has 2 nitrogen and oxygen atoms in total. The lowest BCUT2D eigenvalue weighted by molar-refractivity contribution is 0.607. The highest BCUT2D eigenvalue weighted by Crippen LogP contribution is 2.34. The molecule has 0 amide bonds. The third-order valence-electron chi connectivity index (χ3n) is 3.77. The lowest BCUT2D eigenvalue weighted by Crippen LogP contribution is -2.10. The molecule has 0 aliphatic heterocycles. The smallest absolute Gasteiger partial charge is 0.192 e. The summed E-state index contributed by atoms with van der Waals surface area (Å²) in [5.41, 5.74) is 0.221. The van der Waals surface area contributed by atoms with Gasteiger partial charge in [0.25, 0.3) is 0 Å². The number of hydrogen-bond donors (Lipinski definition) is 1. The zero-order chi connectivity index (χ0) is 13.6. The largest absolute Gasteiger partial charge is 0.355 e. The van der Waals surface area contributed by atoms with Crippen molar-refractivity contribution in [2.24, 2.45) is 0 Å². The van der Waals surface area contributed by atoms with Crippen molar-refractivity contribution in [3.05, 3.63) is 44.2 Å². The molecule has 0 unspecified atom stereocenters. The number of rotatable bonds is 1. The molecule has 1 aromatic carbocycles. The van der Waals surface area contributed by atoms with Gasteiger partial charge in [-0.2, -0.15) is 0 Å². The number of aromatic nitrogens is 1. The standard InChI is InChI=1S/C14H12BrF2NO/c15-8-5-9(16)14-12(13(8)17)11(19)6-10(18-14)7-3-1-2-4-7/h5-7H,1-4H2,(H,18,19). The molecule has 0 bridgehead atoms. The second kappa shape index (κ2) is 4.71. The molecule has 1 saturated carbocycles. The van der Waals surface area contributed by atoms with Crippen LogP contribution in [0.3, 0.4) is 0 Å². The van der Waals surface area contributed by atoms with Crippen molar-refractivity contribution in [3.63, 3.8) is 0 Å². The first-order valence-electron chi connectivity index (χ1n) is 6.28. The summed E-state index contributed by atoms with van der Waals surface area (Å²) < 4.78 is 27.8. The minimum atomic E-state index is -0.712. The van der Waals surface area contributed by atoms with Gasteiger partial charge in [-0.25, -0.2) is 8.78 Å². The Hall–Kier alpha value is -1.23. The average molecular weight is 328 g/mol. The monoisotopic (exact) mass is 327 g/mol. The molecular formula is C14H12BrF2NO. The second-order valence-corrected chi connectivity index (χ2v) is 5.83. The molecule has 1 heterocycles. The van der Waals surface area contributed by atoms with Crippen LogP contribution in [-0.4, -0.2) is 4.98 Å². The van der Waals surface area contributed by atoms with Gasteiger partial charge >= 0.3 is 0 Å². The lowest BCUT2D eigenvalue weighted by Gasteiger charge is -2.11. The summed E-state index contributed by atoms with van der Waals surface area (Å²) in [5, 5.41) is -0.214. The van der Waals surface area contributed by atoms with Crippen LogP contribution >= 0.6 is 15.9 Å². The zero-order valence-corrected chi connectivity index (χ0v) is 11.7. The van der Waals surface area contributed by atoms with Gasteiger partial charge in [-0.3, -0.25) is 4.79 Å². The number of aromatic amines is 1. The van der Waals surface area contributed by atoms with E-state index >= 15 is 0 Å². The minimum Gasteiger partial charge on any atom is -0.355 e. The van der Waals surface area contributed by atoms with E-state index in [0.717, 1.165) is 37.4 Å². The Morgan fingerprint density at radius 3 is 2.58 bits per heavy atom. The van der Waals surface area contributed by atoms with E-state index in [1.54, 1.807) is 0 Å². The zero-order valence-electron chi connectivity index (χ0n) is 10.1. The number of pyridine rings is 1. The molecule has 0 spiro atoms. The molecular weight excluding hydrogens is 316 g/mol. The van der Waals surface area contributed by atoms with Crippen LogP contribution in [0.1, 0.15) is 37.3 Å². The van der Waals surface area contributed by atoms with Crippen molar-refractivity contribution in [3.8, 4) is 0 Å². The van der Waals surface area contributed by atoms with E-state index in [9.17, 15) is 13.6 Å². The van der Waals surface area contributed by atoms with Crippen molar-refractivity contribution < 1.29 is 8.78 Å². The van der Waals surface area contributed by atoms with Crippen molar-refractivity contribution in [2.45, 2.75) is 31.6 Å². The molecule has 19 heavy (non-hydrogen) atoms. The van der Waals surface area contributed by atoms with Crippen molar-refractivity contribution >= 4 is 26.8 Å². The van der Waals surface area contributed by atoms with E-state index in [4.69, 9.17) is 0 Å². The Morgan fingerprint density at radius 1 is 1.21 bits per heavy atom. The fraction of sp³-hybridized carbons (Fsp3) is 0.357. The Kier molecular flexibility index (Phi) is 3.17. The predicted octanol–water partition coefficient (Wildman–Crippen LogP) is 4.23. The van der Waals surface area contributed by atoms with Crippen molar-refractivity contribution in [2.75, 3.05) is 0 Å². The summed E-state index contributed by atoms with van der Waals surface area (Å²) in [4.78, 5) is 14.9. The minimum absolute atomic E-state index is 0.0309. The van der Waals surface area contributed by atoms with Crippen LogP contribution in [0, 0.1) is 11.6 Å². The van der Waals surface area contributed by atoms with Crippen LogP contribution in [0.15, 0.2) is 21.4 Å². The van der Waals surface area contributed by atoms with Gasteiger partial charge in [-0.15, -0.1) is 0 Å². The normalized spacial score (nSPS) is 16.4. The van der Waals surface area contributed by atoms with Crippen LogP contribution < -0.4 is 5.43 Å². The Morgan fingerprint density at radius 2 is 1.89 bits per heavy atom. The summed E-state index contributed by atoms with van der Waals surface area (Å²) >= 11 is 2.92. The fourth-order valence-electron chi connectivity index (χ4n) is 2.80. The van der Waals surface area contributed by atoms with Crippen LogP contribution in [0.5, 0.6) is 0 Å². The fourth-order valence-corrected chi connectivity index (χ4v) is 3.20. The topological polar surface area (TPSA) is 32.9 Å². The Bertz CT molecular complexity index is 705. The molecule has 0 saturated heterocycles. The molecule has 0 atom stereocenters. The molecule has 1 N–H and O–H groups in total. The van der Waals surface area contributed by atoms with Gasteiger partial charge in [0.1, 0.15) is 5.82 Å². The van der Waals surface area contributed by atoms with Crippen molar-refractivity contribution in [1.29, 1.82) is 0 Å². The highest BCUT2D eigenvalue weighted by molar-refractivity contribution is 9.10. The first-order valence-corrected chi connectivity index (χ1v) is 7.07. The maximum absolute atomic E-state index is 13.9. The van der Waals surface area contributed by atoms with Gasteiger partial charge in [-0.05, 0) is 40.8 Å². The van der Waals surface area contributed by atoms with E-state index in [2.05, 4.69) is 20.9 Å². The SMILES string of the molecule is O=c1cc(C2CCCC2)[nH]c2c(F)cc(Br)c(F)c12. The van der Waals surface area contributed by atoms with Crippen LogP contribution in [-0.2, 0) is 0 Å². The molecule has 3 rings (SSSR count). The number of H-pyrrole nitrogens is 1. The van der Waals surface area contributed by atoms with E-state index in [-0.39, 0.29) is 21.3 Å². The van der Waals surface area contributed by atoms with E-state index in [1.165, 1.54) is 6.07 Å². The highest BCUT2D eigenvalue weighted by Gasteiger charge is 2.21. The average Bonchev–Trinajstić information content (AvgIpc) is 2.89. The number of halogens is 3. The predicted molar refractivity (Wildman–Crippen MR) is 73.4 cm³/mol. The second-order valence-electron chi connectivity index (χ2n) is 4.97. The number of nitrogens with one attached hydrogen (secondary N) is 1. The number of fused-ring (bicyclic) bond motifs is 1. The lowest BCUT2D eigenvalue weighted by atomic mass is 10.0. The quantitative estimate of drug-likeness (QED) is 0.781. The van der Waals surface area contributed by atoms with Crippen LogP contribution in [0.2, 0.25) is 0 Å². The first kappa shape index (κ1) is 12.8. The summed E-state index contributed by atoms with van der Waals surface area (Å²) in [6.45, 7) is 0. The maximum Gasteiger partial charge on any atom is 0.192 e. The Labute approximate surface area is 117 Å². The van der Waals surface area contributed by atoms with Gasteiger partial charge < -0.3 is 4.98 Å². The highest BCUT2D eigenvalue weighted by atomic mass is 79.9. The van der Waals surface area contributed by atoms with Crippen LogP contribution in [0.25, 0.3) is 10.9 Å². The first-order chi connectivity index (χ1) is 9.08. The van der Waals surface area contributed by atoms with Gasteiger partial charge in [0.15, 0.2) is 11.2 Å². The summed E-state index contributed by atoms with van der Waals surface area (Å²) in [7, 11) is 0. The molecule has 100 valence electrons. The molecule has 5 heteroatoms. The molecule has 1 fully saturated rings. The van der Waals surface area contributed by atoms with E-state index in [1.807, 2.05) is 0 Å². The van der Waals surface area contributed by atoms with Crippen molar-refractivity contribution in [1.82, 2.24) is 4.98 Å².